The number of fused-ring (bicyclic) bond motifs is 7. The minimum absolute atomic E-state index is 0.198. The zero-order valence-electron chi connectivity index (χ0n) is 35.4. The zero-order valence-corrected chi connectivity index (χ0v) is 35.4. The van der Waals surface area contributed by atoms with E-state index in [2.05, 4.69) is 229 Å². The van der Waals surface area contributed by atoms with Crippen molar-refractivity contribution in [1.82, 2.24) is 10.6 Å². The lowest BCUT2D eigenvalue weighted by Gasteiger charge is -2.32. The Balaban J connectivity index is 0.877. The molecule has 11 aromatic carbocycles. The van der Waals surface area contributed by atoms with Crippen LogP contribution in [0.15, 0.2) is 234 Å². The maximum Gasteiger partial charge on any atom is 0.136 e. The highest BCUT2D eigenvalue weighted by molar-refractivity contribution is 6.14. The standard InChI is InChI=1S/C61H41N3O/c1-3-13-43-32-47(26-20-38(43)10-1)51-36-55(58-54-17-7-8-19-56(54)65-57(58)37-51)48-29-27-46-35-50(31-28-45(46)33-48)61-63-59(62-60(64-61)49-30-21-39-11-2-4-14-44(39)34-49)42-24-22-41(23-25-42)53-18-9-15-40-12-5-6-16-52(40)53/h1-37,60-61,64H,(H,62,63). The van der Waals surface area contributed by atoms with Gasteiger partial charge in [-0.05, 0) is 130 Å². The summed E-state index contributed by atoms with van der Waals surface area (Å²) < 4.78 is 6.55. The SMILES string of the molecule is c1ccc2cc(-c3cc(-c4ccc5cc(C6NC(c7ccc(-c8cccc9ccccc89)cc7)=NC(c7ccc8ccccc8c7)N6)ccc5c4)c4c(c3)oc3ccccc34)ccc2c1. The van der Waals surface area contributed by atoms with E-state index in [9.17, 15) is 0 Å². The zero-order chi connectivity index (χ0) is 42.8. The van der Waals surface area contributed by atoms with Crippen molar-refractivity contribution in [2.75, 3.05) is 0 Å². The molecule has 2 atom stereocenters. The van der Waals surface area contributed by atoms with E-state index in [4.69, 9.17) is 9.41 Å². The van der Waals surface area contributed by atoms with Crippen LogP contribution in [0.3, 0.4) is 0 Å². The van der Waals surface area contributed by atoms with Crippen LogP contribution in [-0.4, -0.2) is 5.84 Å². The predicted octanol–water partition coefficient (Wildman–Crippen LogP) is 15.5. The molecule has 4 nitrogen and oxygen atoms in total. The Morgan fingerprint density at radius 1 is 0.354 bits per heavy atom. The van der Waals surface area contributed by atoms with E-state index in [-0.39, 0.29) is 12.3 Å². The van der Waals surface area contributed by atoms with Gasteiger partial charge >= 0.3 is 0 Å². The van der Waals surface area contributed by atoms with E-state index in [1.807, 2.05) is 6.07 Å². The van der Waals surface area contributed by atoms with Gasteiger partial charge in [0.15, 0.2) is 0 Å². The van der Waals surface area contributed by atoms with Gasteiger partial charge in [0.25, 0.3) is 0 Å². The molecule has 0 aliphatic carbocycles. The average molecular weight is 832 g/mol. The molecule has 65 heavy (non-hydrogen) atoms. The highest BCUT2D eigenvalue weighted by Gasteiger charge is 2.26. The van der Waals surface area contributed by atoms with Gasteiger partial charge in [-0.3, -0.25) is 5.32 Å². The van der Waals surface area contributed by atoms with Crippen LogP contribution in [0, 0.1) is 0 Å². The minimum Gasteiger partial charge on any atom is -0.456 e. The molecule has 12 aromatic rings. The number of hydrogen-bond donors (Lipinski definition) is 2. The van der Waals surface area contributed by atoms with Gasteiger partial charge in [-0.1, -0.05) is 182 Å². The number of amidine groups is 1. The Hall–Kier alpha value is -8.31. The van der Waals surface area contributed by atoms with Gasteiger partial charge in [0, 0.05) is 16.3 Å². The largest absolute Gasteiger partial charge is 0.456 e. The van der Waals surface area contributed by atoms with E-state index >= 15 is 0 Å². The highest BCUT2D eigenvalue weighted by Crippen LogP contribution is 2.42. The molecule has 2 N–H and O–H groups in total. The Morgan fingerprint density at radius 3 is 1.77 bits per heavy atom. The molecule has 1 aliphatic heterocycles. The summed E-state index contributed by atoms with van der Waals surface area (Å²) in [6, 6.07) is 80.9. The molecule has 13 rings (SSSR count). The van der Waals surface area contributed by atoms with E-state index in [0.29, 0.717) is 0 Å². The summed E-state index contributed by atoms with van der Waals surface area (Å²) in [5.41, 5.74) is 12.1. The Labute approximate surface area is 376 Å². The fourth-order valence-electron chi connectivity index (χ4n) is 9.94. The van der Waals surface area contributed by atoms with Crippen molar-refractivity contribution in [2.45, 2.75) is 12.3 Å². The summed E-state index contributed by atoms with van der Waals surface area (Å²) in [5.74, 6) is 0.856. The van der Waals surface area contributed by atoms with Gasteiger partial charge in [0.05, 0.1) is 0 Å². The third kappa shape index (κ3) is 6.62. The molecule has 0 spiro atoms. The quantitative estimate of drug-likeness (QED) is 0.175. The number of hydrogen-bond acceptors (Lipinski definition) is 4. The van der Waals surface area contributed by atoms with Crippen molar-refractivity contribution < 1.29 is 4.42 Å². The molecule has 1 aliphatic rings. The van der Waals surface area contributed by atoms with Crippen LogP contribution in [-0.2, 0) is 0 Å². The molecule has 0 saturated heterocycles. The van der Waals surface area contributed by atoms with Gasteiger partial charge < -0.3 is 9.73 Å². The molecule has 1 aromatic heterocycles. The summed E-state index contributed by atoms with van der Waals surface area (Å²) in [7, 11) is 0. The van der Waals surface area contributed by atoms with Gasteiger partial charge in [-0.2, -0.15) is 0 Å². The normalized spacial score (nSPS) is 15.2. The fourth-order valence-corrected chi connectivity index (χ4v) is 9.94. The Morgan fingerprint density at radius 2 is 0.923 bits per heavy atom. The lowest BCUT2D eigenvalue weighted by atomic mass is 9.92. The number of para-hydroxylation sites is 1. The second kappa shape index (κ2) is 15.2. The Kier molecular flexibility index (Phi) is 8.71. The van der Waals surface area contributed by atoms with Crippen LogP contribution in [0.5, 0.6) is 0 Å². The maximum absolute atomic E-state index is 6.55. The molecular formula is C61H41N3O. The first kappa shape index (κ1) is 37.3. The van der Waals surface area contributed by atoms with E-state index in [1.165, 1.54) is 54.2 Å². The lowest BCUT2D eigenvalue weighted by molar-refractivity contribution is 0.409. The third-order valence-electron chi connectivity index (χ3n) is 13.3. The average Bonchev–Trinajstić information content (AvgIpc) is 3.76. The molecule has 0 amide bonds. The molecule has 2 heterocycles. The molecule has 4 heteroatoms. The monoisotopic (exact) mass is 831 g/mol. The third-order valence-corrected chi connectivity index (χ3v) is 13.3. The van der Waals surface area contributed by atoms with Gasteiger partial charge in [-0.25, -0.2) is 4.99 Å². The van der Waals surface area contributed by atoms with Gasteiger partial charge in [-0.15, -0.1) is 0 Å². The van der Waals surface area contributed by atoms with Crippen LogP contribution in [0.2, 0.25) is 0 Å². The van der Waals surface area contributed by atoms with Crippen LogP contribution in [0.4, 0.5) is 0 Å². The molecule has 306 valence electrons. The second-order valence-electron chi connectivity index (χ2n) is 17.2. The van der Waals surface area contributed by atoms with Gasteiger partial charge in [0.2, 0.25) is 0 Å². The van der Waals surface area contributed by atoms with Crippen molar-refractivity contribution in [1.29, 1.82) is 0 Å². The number of furan rings is 1. The maximum atomic E-state index is 6.55. The van der Waals surface area contributed by atoms with Crippen LogP contribution in [0.25, 0.3) is 98.4 Å². The predicted molar refractivity (Wildman–Crippen MR) is 271 cm³/mol. The van der Waals surface area contributed by atoms with Gasteiger partial charge in [0.1, 0.15) is 29.3 Å². The summed E-state index contributed by atoms with van der Waals surface area (Å²) >= 11 is 0. The van der Waals surface area contributed by atoms with E-state index in [0.717, 1.165) is 66.7 Å². The number of nitrogens with zero attached hydrogens (tertiary/aromatic N) is 1. The molecule has 0 fully saturated rings. The second-order valence-corrected chi connectivity index (χ2v) is 17.2. The van der Waals surface area contributed by atoms with Crippen molar-refractivity contribution in [2.24, 2.45) is 4.99 Å². The summed E-state index contributed by atoms with van der Waals surface area (Å²) in [6.07, 6.45) is -0.463. The summed E-state index contributed by atoms with van der Waals surface area (Å²) in [5, 5.41) is 19.6. The first-order chi connectivity index (χ1) is 32.1. The van der Waals surface area contributed by atoms with Crippen molar-refractivity contribution in [3.63, 3.8) is 0 Å². The summed E-state index contributed by atoms with van der Waals surface area (Å²) in [4.78, 5) is 5.34. The molecule has 0 saturated carbocycles. The topological polar surface area (TPSA) is 49.6 Å². The number of aliphatic imine (C=N–C) groups is 1. The summed E-state index contributed by atoms with van der Waals surface area (Å²) in [6.45, 7) is 0. The lowest BCUT2D eigenvalue weighted by Crippen LogP contribution is -2.44. The number of rotatable bonds is 6. The molecular weight excluding hydrogens is 791 g/mol. The first-order valence-corrected chi connectivity index (χ1v) is 22.3. The van der Waals surface area contributed by atoms with Crippen LogP contribution >= 0.6 is 0 Å². The molecule has 0 radical (unpaired) electrons. The molecule has 0 bridgehead atoms. The van der Waals surface area contributed by atoms with E-state index in [1.54, 1.807) is 0 Å². The van der Waals surface area contributed by atoms with Crippen molar-refractivity contribution in [3.05, 3.63) is 241 Å². The fraction of sp³-hybridized carbons (Fsp3) is 0.0328. The molecule has 2 unspecified atom stereocenters. The number of benzene rings is 11. The van der Waals surface area contributed by atoms with Crippen LogP contribution in [0.1, 0.15) is 29.0 Å². The van der Waals surface area contributed by atoms with Crippen LogP contribution < -0.4 is 10.6 Å². The van der Waals surface area contributed by atoms with Crippen molar-refractivity contribution in [3.8, 4) is 33.4 Å². The highest BCUT2D eigenvalue weighted by atomic mass is 16.3. The van der Waals surface area contributed by atoms with E-state index < -0.39 is 0 Å². The van der Waals surface area contributed by atoms with Crippen molar-refractivity contribution >= 4 is 70.9 Å². The first-order valence-electron chi connectivity index (χ1n) is 22.3. The Bertz CT molecular complexity index is 3860. The number of nitrogens with one attached hydrogen (secondary N) is 2. The smallest absolute Gasteiger partial charge is 0.136 e. The minimum atomic E-state index is -0.265.